The molecule has 1 amide bonds. The minimum Gasteiger partial charge on any atom is -0.444 e. The molecule has 0 atom stereocenters. The molecule has 1 saturated heterocycles. The van der Waals surface area contributed by atoms with Crippen LogP contribution in [0.15, 0.2) is 29.4 Å². The van der Waals surface area contributed by atoms with Crippen molar-refractivity contribution in [3.05, 3.63) is 24.4 Å². The van der Waals surface area contributed by atoms with E-state index in [2.05, 4.69) is 25.5 Å². The number of rotatable bonds is 9. The molecule has 0 aromatic carbocycles. The van der Waals surface area contributed by atoms with Crippen LogP contribution in [0.4, 0.5) is 10.6 Å². The summed E-state index contributed by atoms with van der Waals surface area (Å²) in [6.45, 7) is 12.9. The Kier molecular flexibility index (Phi) is 13.5. The average Bonchev–Trinajstić information content (AvgIpc) is 2.77. The molecule has 0 bridgehead atoms. The summed E-state index contributed by atoms with van der Waals surface area (Å²) in [5, 5.41) is 6.84. The number of unbranched alkanes of at least 4 members (excludes halogenated alkanes) is 1. The number of halogens is 1. The van der Waals surface area contributed by atoms with E-state index in [-0.39, 0.29) is 30.1 Å². The minimum absolute atomic E-state index is 0. The quantitative estimate of drug-likeness (QED) is 0.197. The Hall–Kier alpha value is -1.78. The van der Waals surface area contributed by atoms with Gasteiger partial charge in [-0.1, -0.05) is 6.07 Å². The van der Waals surface area contributed by atoms with Gasteiger partial charge >= 0.3 is 6.09 Å². The van der Waals surface area contributed by atoms with E-state index in [0.29, 0.717) is 12.5 Å². The van der Waals surface area contributed by atoms with Crippen molar-refractivity contribution in [1.82, 2.24) is 20.1 Å². The van der Waals surface area contributed by atoms with Gasteiger partial charge in [0, 0.05) is 52.5 Å². The van der Waals surface area contributed by atoms with Crippen molar-refractivity contribution in [2.45, 2.75) is 59.0 Å². The van der Waals surface area contributed by atoms with Gasteiger partial charge in [0.25, 0.3) is 0 Å². The van der Waals surface area contributed by atoms with Gasteiger partial charge in [0.05, 0.1) is 0 Å². The fraction of sp³-hybridized carbons (Fsp3) is 0.708. The van der Waals surface area contributed by atoms with Gasteiger partial charge in [0.15, 0.2) is 5.96 Å². The number of anilines is 1. The summed E-state index contributed by atoms with van der Waals surface area (Å²) in [5.41, 5.74) is -0.458. The van der Waals surface area contributed by atoms with E-state index in [0.717, 1.165) is 70.2 Å². The molecule has 1 fully saturated rings. The molecule has 2 N–H and O–H groups in total. The maximum absolute atomic E-state index is 12.4. The van der Waals surface area contributed by atoms with Crippen LogP contribution in [-0.2, 0) is 4.74 Å². The number of nitrogens with one attached hydrogen (secondary N) is 2. The predicted octanol–water partition coefficient (Wildman–Crippen LogP) is 4.44. The van der Waals surface area contributed by atoms with Gasteiger partial charge < -0.3 is 25.2 Å². The molecule has 0 saturated carbocycles. The highest BCUT2D eigenvalue weighted by molar-refractivity contribution is 14.0. The number of ether oxygens (including phenoxy) is 1. The van der Waals surface area contributed by atoms with Gasteiger partial charge in [-0.05, 0) is 71.4 Å². The van der Waals surface area contributed by atoms with E-state index in [1.807, 2.05) is 57.8 Å². The summed E-state index contributed by atoms with van der Waals surface area (Å²) < 4.78 is 5.55. The van der Waals surface area contributed by atoms with Crippen molar-refractivity contribution >= 4 is 41.8 Å². The first kappa shape index (κ1) is 29.3. The van der Waals surface area contributed by atoms with Crippen LogP contribution >= 0.6 is 24.0 Å². The molecule has 1 aliphatic heterocycles. The van der Waals surface area contributed by atoms with Gasteiger partial charge in [-0.2, -0.15) is 0 Å². The number of hydrogen-bond acceptors (Lipinski definition) is 5. The van der Waals surface area contributed by atoms with Crippen LogP contribution in [0.3, 0.4) is 0 Å². The Morgan fingerprint density at radius 1 is 1.24 bits per heavy atom. The normalized spacial score (nSPS) is 14.9. The van der Waals surface area contributed by atoms with Crippen molar-refractivity contribution in [3.63, 3.8) is 0 Å². The Morgan fingerprint density at radius 2 is 1.94 bits per heavy atom. The lowest BCUT2D eigenvalue weighted by Crippen LogP contribution is -2.48. The van der Waals surface area contributed by atoms with E-state index in [1.165, 1.54) is 0 Å². The van der Waals surface area contributed by atoms with Crippen molar-refractivity contribution in [2.24, 2.45) is 10.9 Å². The molecule has 2 heterocycles. The Morgan fingerprint density at radius 3 is 2.52 bits per heavy atom. The number of aromatic nitrogens is 1. The maximum Gasteiger partial charge on any atom is 0.410 e. The first-order valence-electron chi connectivity index (χ1n) is 11.9. The van der Waals surface area contributed by atoms with Gasteiger partial charge in [0.2, 0.25) is 0 Å². The molecule has 188 valence electrons. The molecule has 0 radical (unpaired) electrons. The van der Waals surface area contributed by atoms with E-state index < -0.39 is 5.60 Å². The van der Waals surface area contributed by atoms with E-state index in [9.17, 15) is 4.79 Å². The van der Waals surface area contributed by atoms with Crippen LogP contribution in [0.1, 0.15) is 53.4 Å². The topological polar surface area (TPSA) is 82.1 Å². The number of carbonyl (C=O) groups is 1. The molecule has 2 rings (SSSR count). The van der Waals surface area contributed by atoms with Gasteiger partial charge in [-0.15, -0.1) is 24.0 Å². The molecule has 0 spiro atoms. The van der Waals surface area contributed by atoms with Crippen molar-refractivity contribution < 1.29 is 9.53 Å². The molecule has 0 aliphatic carbocycles. The Labute approximate surface area is 217 Å². The SMILES string of the molecule is CCN(CC1CCN(C(=NC)NCCCCNc2ccccn2)CC1)C(=O)OC(C)(C)C.I. The number of likely N-dealkylation sites (tertiary alicyclic amines) is 1. The summed E-state index contributed by atoms with van der Waals surface area (Å²) in [5.74, 6) is 2.39. The molecular weight excluding hydrogens is 531 g/mol. The number of aliphatic imine (C=N–C) groups is 1. The number of pyridine rings is 1. The first-order chi connectivity index (χ1) is 15.3. The zero-order chi connectivity index (χ0) is 23.4. The summed E-state index contributed by atoms with van der Waals surface area (Å²) in [7, 11) is 1.85. The Bertz CT molecular complexity index is 703. The third-order valence-corrected chi connectivity index (χ3v) is 5.50. The van der Waals surface area contributed by atoms with Crippen LogP contribution in [0.25, 0.3) is 0 Å². The molecule has 33 heavy (non-hydrogen) atoms. The smallest absolute Gasteiger partial charge is 0.410 e. The zero-order valence-corrected chi connectivity index (χ0v) is 23.3. The molecule has 1 aromatic rings. The van der Waals surface area contributed by atoms with Crippen LogP contribution in [0, 0.1) is 5.92 Å². The minimum atomic E-state index is -0.458. The van der Waals surface area contributed by atoms with Crippen LogP contribution < -0.4 is 10.6 Å². The lowest BCUT2D eigenvalue weighted by atomic mass is 9.96. The molecule has 1 aliphatic rings. The highest BCUT2D eigenvalue weighted by Crippen LogP contribution is 2.20. The maximum atomic E-state index is 12.4. The second-order valence-electron chi connectivity index (χ2n) is 9.27. The standard InChI is InChI=1S/C24H42N6O2.HI/c1-6-29(23(31)32-24(2,3)4)19-20-12-17-30(18-13-20)22(25-5)28-16-10-9-15-27-21-11-7-8-14-26-21;/h7-8,11,14,20H,6,9-10,12-13,15-19H2,1-5H3,(H,25,28)(H,26,27);1H. The molecule has 1 aromatic heterocycles. The molecule has 0 unspecified atom stereocenters. The van der Waals surface area contributed by atoms with E-state index >= 15 is 0 Å². The third kappa shape index (κ3) is 11.3. The number of hydrogen-bond donors (Lipinski definition) is 2. The lowest BCUT2D eigenvalue weighted by Gasteiger charge is -2.36. The number of amides is 1. The number of carbonyl (C=O) groups excluding carboxylic acids is 1. The second kappa shape index (κ2) is 15.2. The molecule has 9 heteroatoms. The summed E-state index contributed by atoms with van der Waals surface area (Å²) in [6, 6.07) is 5.89. The van der Waals surface area contributed by atoms with Gasteiger partial charge in [-0.25, -0.2) is 9.78 Å². The van der Waals surface area contributed by atoms with Gasteiger partial charge in [-0.3, -0.25) is 4.99 Å². The van der Waals surface area contributed by atoms with Crippen molar-refractivity contribution in [2.75, 3.05) is 51.6 Å². The lowest BCUT2D eigenvalue weighted by molar-refractivity contribution is 0.0214. The van der Waals surface area contributed by atoms with Crippen LogP contribution in [0.5, 0.6) is 0 Å². The zero-order valence-electron chi connectivity index (χ0n) is 21.0. The number of piperidine rings is 1. The van der Waals surface area contributed by atoms with Crippen LogP contribution in [-0.4, -0.2) is 78.8 Å². The highest BCUT2D eigenvalue weighted by Gasteiger charge is 2.27. The van der Waals surface area contributed by atoms with E-state index in [4.69, 9.17) is 4.74 Å². The third-order valence-electron chi connectivity index (χ3n) is 5.50. The summed E-state index contributed by atoms with van der Waals surface area (Å²) in [6.07, 6.45) is 5.82. The van der Waals surface area contributed by atoms with Gasteiger partial charge in [0.1, 0.15) is 11.4 Å². The summed E-state index contributed by atoms with van der Waals surface area (Å²) >= 11 is 0. The van der Waals surface area contributed by atoms with E-state index in [1.54, 1.807) is 6.20 Å². The predicted molar refractivity (Wildman–Crippen MR) is 147 cm³/mol. The molecule has 8 nitrogen and oxygen atoms in total. The highest BCUT2D eigenvalue weighted by atomic mass is 127. The average molecular weight is 575 g/mol. The number of guanidine groups is 1. The largest absolute Gasteiger partial charge is 0.444 e. The fourth-order valence-corrected chi connectivity index (χ4v) is 3.76. The van der Waals surface area contributed by atoms with Crippen molar-refractivity contribution in [1.29, 1.82) is 0 Å². The second-order valence-corrected chi connectivity index (χ2v) is 9.27. The van der Waals surface area contributed by atoms with Crippen molar-refractivity contribution in [3.8, 4) is 0 Å². The first-order valence-corrected chi connectivity index (χ1v) is 11.9. The fourth-order valence-electron chi connectivity index (χ4n) is 3.76. The molecular formula is C24H43IN6O2. The monoisotopic (exact) mass is 574 g/mol. The number of nitrogens with zero attached hydrogens (tertiary/aromatic N) is 4. The van der Waals surface area contributed by atoms with Crippen LogP contribution in [0.2, 0.25) is 0 Å². The summed E-state index contributed by atoms with van der Waals surface area (Å²) in [4.78, 5) is 25.3. The Balaban J connectivity index is 0.00000544.